The number of hydrogen-bond donors (Lipinski definition) is 0. The molecule has 0 unspecified atom stereocenters. The van der Waals surface area contributed by atoms with E-state index < -0.39 is 19.9 Å². The molecule has 0 bridgehead atoms. The Morgan fingerprint density at radius 1 is 0.850 bits per heavy atom. The molecule has 6 rings (SSSR count). The Bertz CT molecular complexity index is 1810. The molecule has 2 aliphatic rings. The molecule has 4 aromatic rings. The quantitative estimate of drug-likeness (QED) is 0.345. The lowest BCUT2D eigenvalue weighted by Gasteiger charge is -2.34. The highest BCUT2D eigenvalue weighted by Gasteiger charge is 2.30. The first-order valence-electron chi connectivity index (χ1n) is 13.0. The molecule has 1 saturated heterocycles. The molecule has 0 N–H and O–H groups in total. The maximum Gasteiger partial charge on any atom is 0.264 e. The second-order valence-corrected chi connectivity index (χ2v) is 14.8. The predicted octanol–water partition coefficient (Wildman–Crippen LogP) is 3.80. The molecule has 1 amide bonds. The van der Waals surface area contributed by atoms with Gasteiger partial charge < -0.3 is 9.80 Å². The topological polar surface area (TPSA) is 108 Å². The maximum atomic E-state index is 13.4. The Kier molecular flexibility index (Phi) is 6.79. The molecule has 2 aliphatic heterocycles. The summed E-state index contributed by atoms with van der Waals surface area (Å²) in [6.07, 6.45) is 2.79. The van der Waals surface area contributed by atoms with E-state index in [1.54, 1.807) is 29.2 Å². The minimum atomic E-state index is -3.75. The van der Waals surface area contributed by atoms with Crippen molar-refractivity contribution in [3.05, 3.63) is 77.9 Å². The Hall–Kier alpha value is -3.48. The van der Waals surface area contributed by atoms with E-state index >= 15 is 0 Å². The first kappa shape index (κ1) is 26.7. The van der Waals surface area contributed by atoms with Crippen LogP contribution < -0.4 is 9.21 Å². The normalized spacial score (nSPS) is 16.3. The second-order valence-electron chi connectivity index (χ2n) is 9.98. The van der Waals surface area contributed by atoms with E-state index in [0.29, 0.717) is 49.5 Å². The lowest BCUT2D eigenvalue weighted by molar-refractivity contribution is 0.0746. The Morgan fingerprint density at radius 3 is 2.30 bits per heavy atom. The lowest BCUT2D eigenvalue weighted by atomic mass is 10.0. The van der Waals surface area contributed by atoms with Crippen LogP contribution in [0.3, 0.4) is 0 Å². The molecule has 0 saturated carbocycles. The summed E-state index contributed by atoms with van der Waals surface area (Å²) >= 11 is 1.44. The molecule has 1 fully saturated rings. The van der Waals surface area contributed by atoms with E-state index in [0.717, 1.165) is 28.2 Å². The van der Waals surface area contributed by atoms with Crippen LogP contribution in [0.1, 0.15) is 22.3 Å². The van der Waals surface area contributed by atoms with E-state index in [4.69, 9.17) is 0 Å². The van der Waals surface area contributed by atoms with Gasteiger partial charge in [-0.15, -0.1) is 0 Å². The number of fused-ring (bicyclic) bond motifs is 2. The fraction of sp³-hybridized carbons (Fsp3) is 0.286. The monoisotopic (exact) mass is 596 g/mol. The Labute approximate surface area is 237 Å². The summed E-state index contributed by atoms with van der Waals surface area (Å²) in [4.78, 5) is 22.0. The second kappa shape index (κ2) is 10.2. The first-order valence-corrected chi connectivity index (χ1v) is 17.1. The number of benzene rings is 3. The van der Waals surface area contributed by atoms with Crippen molar-refractivity contribution < 1.29 is 21.6 Å². The van der Waals surface area contributed by atoms with Crippen LogP contribution in [0.15, 0.2) is 76.5 Å². The molecule has 40 heavy (non-hydrogen) atoms. The van der Waals surface area contributed by atoms with Crippen molar-refractivity contribution in [2.24, 2.45) is 0 Å². The number of amides is 1. The average Bonchev–Trinajstić information content (AvgIpc) is 3.40. The van der Waals surface area contributed by atoms with Crippen LogP contribution in [0.25, 0.3) is 10.2 Å². The van der Waals surface area contributed by atoms with Gasteiger partial charge in [0.1, 0.15) is 5.52 Å². The van der Waals surface area contributed by atoms with Gasteiger partial charge in [-0.1, -0.05) is 35.6 Å². The van der Waals surface area contributed by atoms with Gasteiger partial charge in [0.05, 0.1) is 20.2 Å². The van der Waals surface area contributed by atoms with Gasteiger partial charge in [-0.3, -0.25) is 9.10 Å². The number of rotatable bonds is 5. The molecule has 9 nitrogen and oxygen atoms in total. The van der Waals surface area contributed by atoms with E-state index in [-0.39, 0.29) is 15.7 Å². The van der Waals surface area contributed by atoms with Gasteiger partial charge in [-0.25, -0.2) is 21.8 Å². The number of sulfone groups is 1. The zero-order chi connectivity index (χ0) is 28.1. The zero-order valence-electron chi connectivity index (χ0n) is 21.9. The molecule has 0 aliphatic carbocycles. The molecule has 12 heteroatoms. The number of aryl methyl sites for hydroxylation is 1. The highest BCUT2D eigenvalue weighted by molar-refractivity contribution is 7.92. The predicted molar refractivity (Wildman–Crippen MR) is 157 cm³/mol. The van der Waals surface area contributed by atoms with Crippen LogP contribution in [-0.2, 0) is 26.3 Å². The third kappa shape index (κ3) is 4.84. The highest BCUT2D eigenvalue weighted by Crippen LogP contribution is 2.34. The van der Waals surface area contributed by atoms with E-state index in [1.165, 1.54) is 34.0 Å². The Morgan fingerprint density at radius 2 is 1.57 bits per heavy atom. The van der Waals surface area contributed by atoms with Crippen molar-refractivity contribution in [2.75, 3.05) is 48.2 Å². The van der Waals surface area contributed by atoms with Gasteiger partial charge >= 0.3 is 0 Å². The Balaban J connectivity index is 1.14. The summed E-state index contributed by atoms with van der Waals surface area (Å²) in [6.45, 7) is 2.48. The fourth-order valence-electron chi connectivity index (χ4n) is 5.27. The van der Waals surface area contributed by atoms with Gasteiger partial charge in [0, 0.05) is 44.5 Å². The molecule has 3 aromatic carbocycles. The van der Waals surface area contributed by atoms with Crippen molar-refractivity contribution >= 4 is 58.1 Å². The van der Waals surface area contributed by atoms with Crippen molar-refractivity contribution in [3.8, 4) is 0 Å². The molecular weight excluding hydrogens is 569 g/mol. The van der Waals surface area contributed by atoms with Crippen molar-refractivity contribution in [2.45, 2.75) is 22.6 Å². The van der Waals surface area contributed by atoms with Crippen LogP contribution >= 0.6 is 11.3 Å². The number of hydrogen-bond acceptors (Lipinski definition) is 8. The summed E-state index contributed by atoms with van der Waals surface area (Å²) < 4.78 is 53.5. The van der Waals surface area contributed by atoms with Gasteiger partial charge in [-0.2, -0.15) is 0 Å². The standard InChI is InChI=1S/C28H28N4O5S3/c1-39(34,35)25-10-4-9-24-26(25)29-28(38-24)31-18-16-30(17-19-31)27(33)21-11-13-22(14-12-21)40(36,37)32-15-5-7-20-6-2-3-8-23(20)32/h2-4,6,8-14H,5,7,15-19H2,1H3. The number of piperazine rings is 1. The number of aromatic nitrogens is 1. The van der Waals surface area contributed by atoms with E-state index in [1.807, 2.05) is 30.3 Å². The highest BCUT2D eigenvalue weighted by atomic mass is 32.2. The maximum absolute atomic E-state index is 13.4. The SMILES string of the molecule is CS(=O)(=O)c1cccc2sc(N3CCN(C(=O)c4ccc(S(=O)(=O)N5CCCc6ccccc65)cc4)CC3)nc12. The lowest BCUT2D eigenvalue weighted by Crippen LogP contribution is -2.48. The zero-order valence-corrected chi connectivity index (χ0v) is 24.3. The summed E-state index contributed by atoms with van der Waals surface area (Å²) in [5.74, 6) is -0.157. The summed E-state index contributed by atoms with van der Waals surface area (Å²) in [5.41, 5.74) is 2.65. The van der Waals surface area contributed by atoms with Gasteiger partial charge in [0.15, 0.2) is 15.0 Å². The molecular formula is C28H28N4O5S3. The van der Waals surface area contributed by atoms with Gasteiger partial charge in [0.25, 0.3) is 15.9 Å². The number of para-hydroxylation sites is 2. The van der Waals surface area contributed by atoms with Gasteiger partial charge in [-0.05, 0) is 60.9 Å². The van der Waals surface area contributed by atoms with Crippen LogP contribution in [0, 0.1) is 0 Å². The van der Waals surface area contributed by atoms with Crippen molar-refractivity contribution in [1.82, 2.24) is 9.88 Å². The number of carbonyl (C=O) groups excluding carboxylic acids is 1. The minimum absolute atomic E-state index is 0.157. The fourth-order valence-corrected chi connectivity index (χ4v) is 8.76. The molecule has 1 aromatic heterocycles. The van der Waals surface area contributed by atoms with Crippen LogP contribution in [0.4, 0.5) is 10.8 Å². The van der Waals surface area contributed by atoms with Crippen molar-refractivity contribution in [3.63, 3.8) is 0 Å². The summed E-state index contributed by atoms with van der Waals surface area (Å²) in [5, 5.41) is 0.729. The minimum Gasteiger partial charge on any atom is -0.345 e. The number of sulfonamides is 1. The molecule has 0 atom stereocenters. The average molecular weight is 597 g/mol. The smallest absolute Gasteiger partial charge is 0.264 e. The van der Waals surface area contributed by atoms with Crippen LogP contribution in [0.2, 0.25) is 0 Å². The number of carbonyl (C=O) groups is 1. The van der Waals surface area contributed by atoms with Crippen molar-refractivity contribution in [1.29, 1.82) is 0 Å². The molecule has 3 heterocycles. The largest absolute Gasteiger partial charge is 0.345 e. The van der Waals surface area contributed by atoms with E-state index in [9.17, 15) is 21.6 Å². The van der Waals surface area contributed by atoms with E-state index in [2.05, 4.69) is 9.88 Å². The third-order valence-corrected chi connectivity index (χ3v) is 11.4. The van der Waals surface area contributed by atoms with Crippen LogP contribution in [-0.4, -0.2) is 71.6 Å². The first-order chi connectivity index (χ1) is 19.1. The molecule has 208 valence electrons. The van der Waals surface area contributed by atoms with Crippen LogP contribution in [0.5, 0.6) is 0 Å². The number of thiazole rings is 1. The number of nitrogens with zero attached hydrogens (tertiary/aromatic N) is 4. The molecule has 0 radical (unpaired) electrons. The van der Waals surface area contributed by atoms with Gasteiger partial charge in [0.2, 0.25) is 0 Å². The number of anilines is 2. The summed E-state index contributed by atoms with van der Waals surface area (Å²) in [6, 6.07) is 18.9. The summed E-state index contributed by atoms with van der Waals surface area (Å²) in [7, 11) is -7.14. The molecule has 0 spiro atoms. The third-order valence-electron chi connectivity index (χ3n) is 7.36.